The Bertz CT molecular complexity index is 97.0. The highest BCUT2D eigenvalue weighted by Crippen LogP contribution is 2.04. The topological polar surface area (TPSA) is 49.8 Å². The molecule has 10 heavy (non-hydrogen) atoms. The highest BCUT2D eigenvalue weighted by molar-refractivity contribution is 5.66. The zero-order chi connectivity index (χ0) is 7.98. The summed E-state index contributed by atoms with van der Waals surface area (Å²) in [5.74, 6) is -0.711. The van der Waals surface area contributed by atoms with Crippen molar-refractivity contribution in [1.29, 1.82) is 0 Å². The van der Waals surface area contributed by atoms with Crippen molar-refractivity contribution in [1.82, 2.24) is 0 Å². The van der Waals surface area contributed by atoms with Crippen LogP contribution in [0.4, 0.5) is 0 Å². The van der Waals surface area contributed by atoms with E-state index in [0.717, 1.165) is 13.0 Å². The molecular formula is C7H14O3. The number of hydrogen-bond donors (Lipinski definition) is 1. The minimum absolute atomic E-state index is 0.292. The molecule has 1 N–H and O–H groups in total. The van der Waals surface area contributed by atoms with Gasteiger partial charge in [-0.15, -0.1) is 0 Å². The van der Waals surface area contributed by atoms with Crippen LogP contribution < -0.4 is 0 Å². The second-order valence-corrected chi connectivity index (χ2v) is 2.29. The molecule has 1 fully saturated rings. The molecule has 1 rings (SSSR count). The van der Waals surface area contributed by atoms with Crippen molar-refractivity contribution in [3.8, 4) is 0 Å². The van der Waals surface area contributed by atoms with E-state index in [2.05, 4.69) is 6.92 Å². The van der Waals surface area contributed by atoms with E-state index in [9.17, 15) is 4.79 Å². The molecule has 60 valence electrons. The van der Waals surface area contributed by atoms with Gasteiger partial charge < -0.3 is 9.84 Å². The van der Waals surface area contributed by atoms with Crippen LogP contribution in [0.2, 0.25) is 0 Å². The van der Waals surface area contributed by atoms with Gasteiger partial charge in [0, 0.05) is 6.42 Å². The maximum absolute atomic E-state index is 9.60. The van der Waals surface area contributed by atoms with Crippen molar-refractivity contribution < 1.29 is 14.6 Å². The second kappa shape index (κ2) is 5.23. The van der Waals surface area contributed by atoms with E-state index in [-0.39, 0.29) is 0 Å². The predicted molar refractivity (Wildman–Crippen MR) is 38.0 cm³/mol. The first-order chi connectivity index (χ1) is 4.66. The van der Waals surface area contributed by atoms with Crippen molar-refractivity contribution in [2.75, 3.05) is 6.61 Å². The molecule has 3 heteroatoms. The van der Waals surface area contributed by atoms with Crippen LogP contribution in [-0.2, 0) is 9.53 Å². The van der Waals surface area contributed by atoms with E-state index in [1.54, 1.807) is 0 Å². The van der Waals surface area contributed by atoms with Gasteiger partial charge in [-0.1, -0.05) is 6.92 Å². The quantitative estimate of drug-likeness (QED) is 0.597. The van der Waals surface area contributed by atoms with Gasteiger partial charge in [0.25, 0.3) is 0 Å². The lowest BCUT2D eigenvalue weighted by atomic mass is 10.4. The van der Waals surface area contributed by atoms with Gasteiger partial charge in [0.1, 0.15) is 0 Å². The molecule has 3 nitrogen and oxygen atoms in total. The predicted octanol–water partition coefficient (Wildman–Crippen LogP) is 1.28. The summed E-state index contributed by atoms with van der Waals surface area (Å²) in [5.41, 5.74) is 0. The molecule has 0 aromatic rings. The third kappa shape index (κ3) is 10.4. The Morgan fingerprint density at radius 3 is 2.20 bits per heavy atom. The first kappa shape index (κ1) is 9.43. The number of aliphatic carboxylic acids is 1. The zero-order valence-corrected chi connectivity index (χ0v) is 6.46. The fourth-order valence-corrected chi connectivity index (χ4v) is 0.310. The average Bonchev–Trinajstić information content (AvgIpc) is 2.52. The lowest BCUT2D eigenvalue weighted by Crippen LogP contribution is -1.90. The number of rotatable bonds is 2. The van der Waals surface area contributed by atoms with Crippen LogP contribution in [0.15, 0.2) is 0 Å². The first-order valence-corrected chi connectivity index (χ1v) is 3.50. The zero-order valence-electron chi connectivity index (χ0n) is 6.46. The summed E-state index contributed by atoms with van der Waals surface area (Å²) in [5, 5.41) is 7.91. The molecule has 0 aromatic heterocycles. The van der Waals surface area contributed by atoms with E-state index >= 15 is 0 Å². The summed E-state index contributed by atoms with van der Waals surface area (Å²) in [4.78, 5) is 9.60. The molecule has 1 saturated heterocycles. The van der Waals surface area contributed by atoms with Crippen LogP contribution >= 0.6 is 0 Å². The fraction of sp³-hybridized carbons (Fsp3) is 0.857. The van der Waals surface area contributed by atoms with Crippen LogP contribution in [0.1, 0.15) is 26.7 Å². The average molecular weight is 146 g/mol. The van der Waals surface area contributed by atoms with Crippen LogP contribution in [0.5, 0.6) is 0 Å². The summed E-state index contributed by atoms with van der Waals surface area (Å²) in [6.45, 7) is 4.88. The summed E-state index contributed by atoms with van der Waals surface area (Å²) in [6.07, 6.45) is 1.61. The SMILES string of the molecule is CC1CO1.CCCC(=O)O. The summed E-state index contributed by atoms with van der Waals surface area (Å²) in [6, 6.07) is 0. The maximum atomic E-state index is 9.60. The molecule has 0 aromatic carbocycles. The Morgan fingerprint density at radius 2 is 2.20 bits per heavy atom. The third-order valence-corrected chi connectivity index (χ3v) is 0.964. The summed E-state index contributed by atoms with van der Waals surface area (Å²) >= 11 is 0. The molecule has 0 bridgehead atoms. The van der Waals surface area contributed by atoms with Gasteiger partial charge in [-0.2, -0.15) is 0 Å². The Hall–Kier alpha value is -0.570. The number of hydrogen-bond acceptors (Lipinski definition) is 2. The van der Waals surface area contributed by atoms with Crippen LogP contribution in [-0.4, -0.2) is 23.8 Å². The Kier molecular flexibility index (Phi) is 4.94. The minimum atomic E-state index is -0.711. The fourth-order valence-electron chi connectivity index (χ4n) is 0.310. The van der Waals surface area contributed by atoms with E-state index in [1.165, 1.54) is 0 Å². The number of epoxide rings is 1. The lowest BCUT2D eigenvalue weighted by Gasteiger charge is -1.79. The maximum Gasteiger partial charge on any atom is 0.303 e. The van der Waals surface area contributed by atoms with E-state index in [4.69, 9.17) is 9.84 Å². The van der Waals surface area contributed by atoms with E-state index < -0.39 is 5.97 Å². The minimum Gasteiger partial charge on any atom is -0.481 e. The molecule has 1 aliphatic heterocycles. The van der Waals surface area contributed by atoms with Crippen LogP contribution in [0, 0.1) is 0 Å². The number of carboxylic acid groups (broad SMARTS) is 1. The molecule has 0 amide bonds. The van der Waals surface area contributed by atoms with Crippen LogP contribution in [0.3, 0.4) is 0 Å². The third-order valence-electron chi connectivity index (χ3n) is 0.964. The van der Waals surface area contributed by atoms with Crippen molar-refractivity contribution in [3.05, 3.63) is 0 Å². The van der Waals surface area contributed by atoms with Gasteiger partial charge in [0.15, 0.2) is 0 Å². The van der Waals surface area contributed by atoms with Crippen molar-refractivity contribution in [2.45, 2.75) is 32.8 Å². The number of carboxylic acids is 1. The highest BCUT2D eigenvalue weighted by Gasteiger charge is 2.13. The Morgan fingerprint density at radius 1 is 1.80 bits per heavy atom. The molecule has 1 atom stereocenters. The standard InChI is InChI=1S/C4H8O2.C3H6O/c1-2-3-4(5)6;1-3-2-4-3/h2-3H2,1H3,(H,5,6);3H,2H2,1H3. The highest BCUT2D eigenvalue weighted by atomic mass is 16.6. The van der Waals surface area contributed by atoms with Crippen molar-refractivity contribution in [3.63, 3.8) is 0 Å². The van der Waals surface area contributed by atoms with Crippen molar-refractivity contribution >= 4 is 5.97 Å². The number of ether oxygens (including phenoxy) is 1. The normalized spacial score (nSPS) is 20.8. The second-order valence-electron chi connectivity index (χ2n) is 2.29. The molecule has 0 radical (unpaired) electrons. The van der Waals surface area contributed by atoms with E-state index in [0.29, 0.717) is 12.5 Å². The Balaban J connectivity index is 0.000000172. The van der Waals surface area contributed by atoms with Gasteiger partial charge in [-0.3, -0.25) is 4.79 Å². The summed E-state index contributed by atoms with van der Waals surface area (Å²) < 4.78 is 4.71. The monoisotopic (exact) mass is 146 g/mol. The van der Waals surface area contributed by atoms with Gasteiger partial charge in [-0.05, 0) is 13.3 Å². The molecule has 0 spiro atoms. The molecule has 1 aliphatic rings. The summed E-state index contributed by atoms with van der Waals surface area (Å²) in [7, 11) is 0. The van der Waals surface area contributed by atoms with Gasteiger partial charge >= 0.3 is 5.97 Å². The van der Waals surface area contributed by atoms with E-state index in [1.807, 2.05) is 6.92 Å². The first-order valence-electron chi connectivity index (χ1n) is 3.50. The largest absolute Gasteiger partial charge is 0.481 e. The number of carbonyl (C=O) groups is 1. The molecule has 1 heterocycles. The Labute approximate surface area is 61.0 Å². The lowest BCUT2D eigenvalue weighted by molar-refractivity contribution is -0.137. The van der Waals surface area contributed by atoms with Gasteiger partial charge in [-0.25, -0.2) is 0 Å². The molecule has 0 aliphatic carbocycles. The van der Waals surface area contributed by atoms with Gasteiger partial charge in [0.2, 0.25) is 0 Å². The smallest absolute Gasteiger partial charge is 0.303 e. The van der Waals surface area contributed by atoms with Gasteiger partial charge in [0.05, 0.1) is 12.7 Å². The molecular weight excluding hydrogens is 132 g/mol. The molecule has 1 unspecified atom stereocenters. The van der Waals surface area contributed by atoms with Crippen LogP contribution in [0.25, 0.3) is 0 Å². The van der Waals surface area contributed by atoms with Crippen molar-refractivity contribution in [2.24, 2.45) is 0 Å². The molecule has 0 saturated carbocycles.